The molecular formula is C18H21FN4O3. The zero-order valence-electron chi connectivity index (χ0n) is 14.4. The average molecular weight is 360 g/mol. The van der Waals surface area contributed by atoms with Crippen molar-refractivity contribution in [1.29, 1.82) is 0 Å². The number of nitrogens with one attached hydrogen (secondary N) is 1. The van der Waals surface area contributed by atoms with Gasteiger partial charge in [-0.2, -0.15) is 4.98 Å². The summed E-state index contributed by atoms with van der Waals surface area (Å²) in [5.41, 5.74) is 0.632. The monoisotopic (exact) mass is 360 g/mol. The minimum absolute atomic E-state index is 0.112. The summed E-state index contributed by atoms with van der Waals surface area (Å²) >= 11 is 0. The fourth-order valence-corrected chi connectivity index (χ4v) is 2.82. The Morgan fingerprint density at radius 2 is 2.04 bits per heavy atom. The number of likely N-dealkylation sites (tertiary alicyclic amines) is 1. The molecule has 0 unspecified atom stereocenters. The second-order valence-corrected chi connectivity index (χ2v) is 6.24. The maximum absolute atomic E-state index is 12.9. The van der Waals surface area contributed by atoms with Crippen LogP contribution in [0.3, 0.4) is 0 Å². The van der Waals surface area contributed by atoms with E-state index in [2.05, 4.69) is 15.5 Å². The van der Waals surface area contributed by atoms with Gasteiger partial charge >= 0.3 is 0 Å². The number of hydrogen-bond acceptors (Lipinski definition) is 5. The van der Waals surface area contributed by atoms with Crippen LogP contribution in [0.5, 0.6) is 0 Å². The largest absolute Gasteiger partial charge is 0.347 e. The van der Waals surface area contributed by atoms with Gasteiger partial charge in [-0.15, -0.1) is 0 Å². The Kier molecular flexibility index (Phi) is 5.93. The van der Waals surface area contributed by atoms with Crippen LogP contribution in [0.15, 0.2) is 28.8 Å². The van der Waals surface area contributed by atoms with Gasteiger partial charge in [-0.1, -0.05) is 11.6 Å². The van der Waals surface area contributed by atoms with Crippen molar-refractivity contribution >= 4 is 11.8 Å². The van der Waals surface area contributed by atoms with Gasteiger partial charge in [-0.25, -0.2) is 4.39 Å². The average Bonchev–Trinajstić information content (AvgIpc) is 3.02. The van der Waals surface area contributed by atoms with Crippen LogP contribution >= 0.6 is 0 Å². The molecule has 2 heterocycles. The van der Waals surface area contributed by atoms with E-state index in [4.69, 9.17) is 4.52 Å². The third kappa shape index (κ3) is 4.87. The molecular weight excluding hydrogens is 339 g/mol. The van der Waals surface area contributed by atoms with Crippen LogP contribution in [0.25, 0.3) is 11.4 Å². The molecule has 138 valence electrons. The Morgan fingerprint density at radius 3 is 2.85 bits per heavy atom. The van der Waals surface area contributed by atoms with Gasteiger partial charge in [0.15, 0.2) is 0 Å². The lowest BCUT2D eigenvalue weighted by molar-refractivity contribution is -0.131. The molecule has 1 aromatic heterocycles. The maximum Gasteiger partial charge on any atom is 0.246 e. The quantitative estimate of drug-likeness (QED) is 0.854. The van der Waals surface area contributed by atoms with Gasteiger partial charge in [0.05, 0.1) is 6.54 Å². The number of benzene rings is 1. The summed E-state index contributed by atoms with van der Waals surface area (Å²) in [6, 6.07) is 5.75. The molecule has 1 saturated heterocycles. The molecule has 7 nitrogen and oxygen atoms in total. The van der Waals surface area contributed by atoms with Gasteiger partial charge in [0, 0.05) is 31.5 Å². The number of aromatic nitrogens is 2. The summed E-state index contributed by atoms with van der Waals surface area (Å²) in [6.45, 7) is 1.26. The molecule has 0 saturated carbocycles. The minimum atomic E-state index is -0.340. The normalized spacial score (nSPS) is 15.0. The SMILES string of the molecule is O=C(CCN1CCCCCC1=O)NCc1nc(-c2ccc(F)cc2)no1. The van der Waals surface area contributed by atoms with Crippen LogP contribution in [0.1, 0.15) is 38.0 Å². The van der Waals surface area contributed by atoms with E-state index in [1.54, 1.807) is 17.0 Å². The van der Waals surface area contributed by atoms with E-state index in [0.29, 0.717) is 24.4 Å². The highest BCUT2D eigenvalue weighted by molar-refractivity contribution is 5.79. The van der Waals surface area contributed by atoms with Gasteiger partial charge in [0.1, 0.15) is 5.82 Å². The van der Waals surface area contributed by atoms with E-state index in [9.17, 15) is 14.0 Å². The summed E-state index contributed by atoms with van der Waals surface area (Å²) in [7, 11) is 0. The Bertz CT molecular complexity index is 760. The van der Waals surface area contributed by atoms with E-state index in [1.807, 2.05) is 0 Å². The summed E-state index contributed by atoms with van der Waals surface area (Å²) in [5.74, 6) is 0.209. The summed E-state index contributed by atoms with van der Waals surface area (Å²) in [4.78, 5) is 29.8. The molecule has 0 spiro atoms. The first-order valence-electron chi connectivity index (χ1n) is 8.75. The van der Waals surface area contributed by atoms with Crippen LogP contribution in [0, 0.1) is 5.82 Å². The number of amides is 2. The lowest BCUT2D eigenvalue weighted by atomic mass is 10.2. The second-order valence-electron chi connectivity index (χ2n) is 6.24. The molecule has 1 fully saturated rings. The van der Waals surface area contributed by atoms with Crippen molar-refractivity contribution in [3.05, 3.63) is 36.0 Å². The Morgan fingerprint density at radius 1 is 1.23 bits per heavy atom. The molecule has 26 heavy (non-hydrogen) atoms. The molecule has 0 radical (unpaired) electrons. The lowest BCUT2D eigenvalue weighted by Gasteiger charge is -2.19. The molecule has 1 N–H and O–H groups in total. The number of hydrogen-bond donors (Lipinski definition) is 1. The lowest BCUT2D eigenvalue weighted by Crippen LogP contribution is -2.34. The number of carbonyl (C=O) groups excluding carboxylic acids is 2. The highest BCUT2D eigenvalue weighted by Crippen LogP contribution is 2.16. The Labute approximate surface area is 150 Å². The molecule has 0 aliphatic carbocycles. The number of nitrogens with zero attached hydrogens (tertiary/aromatic N) is 3. The predicted octanol–water partition coefficient (Wildman–Crippen LogP) is 2.28. The summed E-state index contributed by atoms with van der Waals surface area (Å²) < 4.78 is 18.0. The summed E-state index contributed by atoms with van der Waals surface area (Å²) in [6.07, 6.45) is 3.78. The zero-order chi connectivity index (χ0) is 18.4. The van der Waals surface area contributed by atoms with Crippen molar-refractivity contribution in [3.63, 3.8) is 0 Å². The van der Waals surface area contributed by atoms with E-state index in [1.165, 1.54) is 12.1 Å². The van der Waals surface area contributed by atoms with Crippen LogP contribution < -0.4 is 5.32 Å². The molecule has 2 aromatic rings. The van der Waals surface area contributed by atoms with Gasteiger partial charge in [0.2, 0.25) is 23.5 Å². The third-order valence-electron chi connectivity index (χ3n) is 4.29. The van der Waals surface area contributed by atoms with Crippen LogP contribution in [0.2, 0.25) is 0 Å². The molecule has 0 atom stereocenters. The predicted molar refractivity (Wildman–Crippen MR) is 91.2 cm³/mol. The smallest absolute Gasteiger partial charge is 0.246 e. The van der Waals surface area contributed by atoms with Gasteiger partial charge < -0.3 is 14.7 Å². The Balaban J connectivity index is 1.46. The highest BCUT2D eigenvalue weighted by atomic mass is 19.1. The number of halogens is 1. The van der Waals surface area contributed by atoms with Gasteiger partial charge in [0.25, 0.3) is 0 Å². The molecule has 1 aromatic carbocycles. The van der Waals surface area contributed by atoms with Gasteiger partial charge in [-0.05, 0) is 37.1 Å². The van der Waals surface area contributed by atoms with E-state index < -0.39 is 0 Å². The van der Waals surface area contributed by atoms with Crippen molar-refractivity contribution in [2.75, 3.05) is 13.1 Å². The first-order chi connectivity index (χ1) is 12.6. The first-order valence-corrected chi connectivity index (χ1v) is 8.75. The molecule has 1 aliphatic rings. The standard InChI is InChI=1S/C18H21FN4O3/c19-14-7-5-13(6-8-14)18-21-16(26-22-18)12-20-15(24)9-11-23-10-3-1-2-4-17(23)25/h5-8H,1-4,9-12H2,(H,20,24). The van der Waals surface area contributed by atoms with Crippen molar-refractivity contribution < 1.29 is 18.5 Å². The molecule has 3 rings (SSSR count). The summed E-state index contributed by atoms with van der Waals surface area (Å²) in [5, 5.41) is 6.53. The molecule has 8 heteroatoms. The molecule has 2 amide bonds. The third-order valence-corrected chi connectivity index (χ3v) is 4.29. The molecule has 1 aliphatic heterocycles. The Hall–Kier alpha value is -2.77. The van der Waals surface area contributed by atoms with Crippen LogP contribution in [-0.2, 0) is 16.1 Å². The molecule has 0 bridgehead atoms. The zero-order valence-corrected chi connectivity index (χ0v) is 14.4. The van der Waals surface area contributed by atoms with Gasteiger partial charge in [-0.3, -0.25) is 9.59 Å². The topological polar surface area (TPSA) is 88.3 Å². The van der Waals surface area contributed by atoms with E-state index in [0.717, 1.165) is 25.8 Å². The van der Waals surface area contributed by atoms with Crippen molar-refractivity contribution in [1.82, 2.24) is 20.4 Å². The van der Waals surface area contributed by atoms with E-state index >= 15 is 0 Å². The fourth-order valence-electron chi connectivity index (χ4n) is 2.82. The van der Waals surface area contributed by atoms with Crippen molar-refractivity contribution in [2.45, 2.75) is 38.6 Å². The maximum atomic E-state index is 12.9. The number of carbonyl (C=O) groups is 2. The second kappa shape index (κ2) is 8.55. The number of rotatable bonds is 6. The van der Waals surface area contributed by atoms with Crippen LogP contribution in [-0.4, -0.2) is 39.9 Å². The van der Waals surface area contributed by atoms with E-state index in [-0.39, 0.29) is 36.5 Å². The minimum Gasteiger partial charge on any atom is -0.347 e. The highest BCUT2D eigenvalue weighted by Gasteiger charge is 2.17. The first kappa shape index (κ1) is 18.0. The van der Waals surface area contributed by atoms with Crippen molar-refractivity contribution in [3.8, 4) is 11.4 Å². The fraction of sp³-hybridized carbons (Fsp3) is 0.444. The van der Waals surface area contributed by atoms with Crippen molar-refractivity contribution in [2.24, 2.45) is 0 Å². The van der Waals surface area contributed by atoms with Crippen LogP contribution in [0.4, 0.5) is 4.39 Å².